The summed E-state index contributed by atoms with van der Waals surface area (Å²) in [7, 11) is 1.20. The minimum Gasteiger partial charge on any atom is -0.450 e. The van der Waals surface area contributed by atoms with E-state index in [9.17, 15) is 24.0 Å². The second kappa shape index (κ2) is 14.0. The van der Waals surface area contributed by atoms with Gasteiger partial charge < -0.3 is 24.8 Å². The zero-order chi connectivity index (χ0) is 37.7. The Bertz CT molecular complexity index is 2150. The summed E-state index contributed by atoms with van der Waals surface area (Å²) in [6.45, 7) is 4.50. The highest BCUT2D eigenvalue weighted by Crippen LogP contribution is 2.56. The monoisotopic (exact) mass is 739 g/mol. The molecule has 0 radical (unpaired) electrons. The third-order valence-electron chi connectivity index (χ3n) is 11.0. The van der Waals surface area contributed by atoms with Gasteiger partial charge in [-0.05, 0) is 112 Å². The summed E-state index contributed by atoms with van der Waals surface area (Å²) < 4.78 is 17.5. The number of esters is 1. The molecule has 11 nitrogen and oxygen atoms in total. The molecule has 12 heteroatoms. The lowest BCUT2D eigenvalue weighted by molar-refractivity contribution is -0.165. The maximum Gasteiger partial charge on any atom is 0.514 e. The van der Waals surface area contributed by atoms with Gasteiger partial charge in [-0.15, -0.1) is 0 Å². The molecule has 53 heavy (non-hydrogen) atoms. The van der Waals surface area contributed by atoms with Crippen LogP contribution in [0.2, 0.25) is 5.02 Å². The molecule has 0 aliphatic heterocycles. The van der Waals surface area contributed by atoms with Crippen molar-refractivity contribution in [3.05, 3.63) is 105 Å². The maximum absolute atomic E-state index is 14.0. The Hall–Kier alpha value is -5.16. The average molecular weight is 740 g/mol. The minimum atomic E-state index is -1.27. The third kappa shape index (κ3) is 7.14. The molecule has 8 rings (SSSR count). The van der Waals surface area contributed by atoms with E-state index in [4.69, 9.17) is 25.8 Å². The summed E-state index contributed by atoms with van der Waals surface area (Å²) in [5.74, 6) is -0.0965. The van der Waals surface area contributed by atoms with Crippen LogP contribution in [0, 0.1) is 17.8 Å². The second-order valence-corrected chi connectivity index (χ2v) is 15.6. The van der Waals surface area contributed by atoms with Crippen LogP contribution in [0.1, 0.15) is 74.4 Å². The molecule has 4 fully saturated rings. The average Bonchev–Trinajstić information content (AvgIpc) is 3.11. The highest BCUT2D eigenvalue weighted by Gasteiger charge is 2.57. The first-order valence-electron chi connectivity index (χ1n) is 17.9. The molecule has 4 aromatic rings. The fraction of sp³-hybridized carbons (Fsp3) is 0.390. The first-order chi connectivity index (χ1) is 25.3. The quantitative estimate of drug-likeness (QED) is 0.185. The van der Waals surface area contributed by atoms with E-state index in [0.717, 1.165) is 37.7 Å². The zero-order valence-corrected chi connectivity index (χ0v) is 30.8. The van der Waals surface area contributed by atoms with Crippen molar-refractivity contribution in [3.63, 3.8) is 0 Å². The van der Waals surface area contributed by atoms with Gasteiger partial charge in [0, 0.05) is 46.6 Å². The lowest BCUT2D eigenvalue weighted by atomic mass is 9.51. The first-order valence-corrected chi connectivity index (χ1v) is 18.2. The van der Waals surface area contributed by atoms with E-state index < -0.39 is 17.7 Å². The number of hydrogen-bond donors (Lipinski definition) is 2. The number of halogens is 1. The van der Waals surface area contributed by atoms with Crippen LogP contribution in [0.15, 0.2) is 77.6 Å². The van der Waals surface area contributed by atoms with Crippen molar-refractivity contribution < 1.29 is 33.4 Å². The van der Waals surface area contributed by atoms with Gasteiger partial charge in [-0.3, -0.25) is 23.7 Å². The third-order valence-corrected chi connectivity index (χ3v) is 11.3. The van der Waals surface area contributed by atoms with Crippen LogP contribution in [0.4, 0.5) is 4.79 Å². The molecule has 2 amide bonds. The van der Waals surface area contributed by atoms with Gasteiger partial charge in [-0.25, -0.2) is 4.79 Å². The number of ether oxygens (including phenoxy) is 3. The molecule has 4 aliphatic carbocycles. The van der Waals surface area contributed by atoms with Gasteiger partial charge in [0.2, 0.25) is 5.88 Å². The summed E-state index contributed by atoms with van der Waals surface area (Å²) in [6, 6.07) is 21.2. The topological polar surface area (TPSA) is 142 Å². The van der Waals surface area contributed by atoms with Gasteiger partial charge in [0.15, 0.2) is 11.0 Å². The van der Waals surface area contributed by atoms with Crippen LogP contribution in [-0.2, 0) is 25.5 Å². The van der Waals surface area contributed by atoms with E-state index in [1.807, 2.05) is 30.3 Å². The van der Waals surface area contributed by atoms with E-state index in [2.05, 4.69) is 10.6 Å². The number of rotatable bonds is 9. The molecule has 2 N–H and O–H groups in total. The van der Waals surface area contributed by atoms with Crippen molar-refractivity contribution >= 4 is 46.4 Å². The first kappa shape index (κ1) is 36.2. The molecule has 4 bridgehead atoms. The van der Waals surface area contributed by atoms with Crippen LogP contribution in [0.25, 0.3) is 16.6 Å². The zero-order valence-electron chi connectivity index (χ0n) is 30.1. The van der Waals surface area contributed by atoms with Gasteiger partial charge in [-0.2, -0.15) is 0 Å². The Morgan fingerprint density at radius 3 is 2.26 bits per heavy atom. The number of aromatic nitrogens is 1. The van der Waals surface area contributed by atoms with Crippen molar-refractivity contribution in [3.8, 4) is 11.6 Å². The number of carbonyl (C=O) groups is 4. The van der Waals surface area contributed by atoms with Gasteiger partial charge >= 0.3 is 12.1 Å². The van der Waals surface area contributed by atoms with Crippen molar-refractivity contribution in [1.29, 1.82) is 0 Å². The Morgan fingerprint density at radius 1 is 0.943 bits per heavy atom. The van der Waals surface area contributed by atoms with E-state index >= 15 is 0 Å². The number of nitrogens with one attached hydrogen (secondary N) is 2. The number of pyridine rings is 1. The van der Waals surface area contributed by atoms with E-state index in [0.29, 0.717) is 33.1 Å². The lowest BCUT2D eigenvalue weighted by Crippen LogP contribution is -2.68. The number of hydrogen-bond acceptors (Lipinski definition) is 8. The summed E-state index contributed by atoms with van der Waals surface area (Å²) in [6.07, 6.45) is 3.49. The van der Waals surface area contributed by atoms with Crippen molar-refractivity contribution in [2.75, 3.05) is 7.11 Å². The molecule has 0 saturated heterocycles. The van der Waals surface area contributed by atoms with E-state index in [1.54, 1.807) is 60.9 Å². The van der Waals surface area contributed by atoms with E-state index in [1.165, 1.54) is 14.0 Å². The normalized spacial score (nSPS) is 23.0. The van der Waals surface area contributed by atoms with Gasteiger partial charge in [0.05, 0.1) is 18.2 Å². The number of para-hydroxylation sites is 1. The molecule has 1 heterocycles. The highest BCUT2D eigenvalue weighted by atomic mass is 35.5. The minimum absolute atomic E-state index is 0.00965. The molecule has 4 aliphatic rings. The summed E-state index contributed by atoms with van der Waals surface area (Å²) in [5, 5.41) is 7.37. The van der Waals surface area contributed by atoms with Crippen molar-refractivity contribution in [1.82, 2.24) is 15.2 Å². The summed E-state index contributed by atoms with van der Waals surface area (Å²) in [5.41, 5.74) is 0.583. The predicted molar refractivity (Wildman–Crippen MR) is 198 cm³/mol. The van der Waals surface area contributed by atoms with E-state index in [-0.39, 0.29) is 58.5 Å². The van der Waals surface area contributed by atoms with Gasteiger partial charge in [-0.1, -0.05) is 41.9 Å². The Balaban J connectivity index is 1.11. The second-order valence-electron chi connectivity index (χ2n) is 15.2. The Labute approximate surface area is 311 Å². The number of fused-ring (bicyclic) bond motifs is 1. The van der Waals surface area contributed by atoms with Crippen LogP contribution in [0.3, 0.4) is 0 Å². The van der Waals surface area contributed by atoms with Gasteiger partial charge in [0.1, 0.15) is 0 Å². The molecule has 4 saturated carbocycles. The number of methoxy groups -OCH3 is 1. The highest BCUT2D eigenvalue weighted by molar-refractivity contribution is 6.31. The number of nitrogens with zero attached hydrogens (tertiary/aromatic N) is 1. The smallest absolute Gasteiger partial charge is 0.450 e. The molecule has 5 atom stereocenters. The standard InChI is InChI=1S/C41H42ClN3O8/c1-23(46)53-40(2,3)38(49)44-41-20-25-16-27(21-41)34(28(17-25)22-41)43-36(48)26-12-10-24(11-13-26)18-32-35(47)31-15-14-29(42)19-33(31)45(30-8-6-5-7-9-30)37(32)52-39(50)51-4/h5-15,19,25,27-28,34H,16-18,20-22H2,1-4H3,(H,43,48)(H,44,49)/t25?,27-,28+,34?,41?. The van der Waals surface area contributed by atoms with Crippen LogP contribution in [-0.4, -0.2) is 52.8 Å². The molecule has 276 valence electrons. The molecule has 3 unspecified atom stereocenters. The number of amides is 2. The van der Waals surface area contributed by atoms with Crippen LogP contribution >= 0.6 is 11.6 Å². The van der Waals surface area contributed by atoms with Crippen molar-refractivity contribution in [2.24, 2.45) is 17.8 Å². The predicted octanol–water partition coefficient (Wildman–Crippen LogP) is 6.52. The molecule has 0 spiro atoms. The number of benzene rings is 3. The Morgan fingerprint density at radius 2 is 1.62 bits per heavy atom. The fourth-order valence-electron chi connectivity index (χ4n) is 9.03. The molecule has 1 aromatic heterocycles. The Kier molecular flexibility index (Phi) is 9.57. The SMILES string of the molecule is COC(=O)Oc1c(Cc2ccc(C(=O)NC3[C@@H]4CC5C[C@H]3CC(NC(=O)C(C)(C)OC(C)=O)(C5)C4)cc2)c(=O)c2ccc(Cl)cc2n1-c1ccccc1. The maximum atomic E-state index is 14.0. The summed E-state index contributed by atoms with van der Waals surface area (Å²) >= 11 is 6.37. The lowest BCUT2D eigenvalue weighted by Gasteiger charge is -2.60. The largest absolute Gasteiger partial charge is 0.514 e. The van der Waals surface area contributed by atoms with Crippen LogP contribution < -0.4 is 20.8 Å². The molecular formula is C41H42ClN3O8. The summed E-state index contributed by atoms with van der Waals surface area (Å²) in [4.78, 5) is 65.0. The number of carbonyl (C=O) groups excluding carboxylic acids is 4. The van der Waals surface area contributed by atoms with Crippen LogP contribution in [0.5, 0.6) is 5.88 Å². The molecular weight excluding hydrogens is 698 g/mol. The van der Waals surface area contributed by atoms with Gasteiger partial charge in [0.25, 0.3) is 11.8 Å². The van der Waals surface area contributed by atoms with Crippen molar-refractivity contribution in [2.45, 2.75) is 76.5 Å². The molecule has 3 aromatic carbocycles. The fourth-order valence-corrected chi connectivity index (χ4v) is 9.19.